The van der Waals surface area contributed by atoms with E-state index in [2.05, 4.69) is 25.3 Å². The number of nitrogens with one attached hydrogen (secondary N) is 1. The van der Waals surface area contributed by atoms with E-state index in [1.807, 2.05) is 36.4 Å². The number of hydrogen-bond donors (Lipinski definition) is 2. The van der Waals surface area contributed by atoms with E-state index in [0.29, 0.717) is 23.2 Å². The van der Waals surface area contributed by atoms with Crippen LogP contribution in [0.15, 0.2) is 48.7 Å². The molecule has 0 saturated carbocycles. The third-order valence-electron chi connectivity index (χ3n) is 2.82. The average Bonchev–Trinajstić information content (AvgIpc) is 2.55. The van der Waals surface area contributed by atoms with Crippen LogP contribution in [-0.4, -0.2) is 19.9 Å². The van der Waals surface area contributed by atoms with Gasteiger partial charge >= 0.3 is 0 Å². The Morgan fingerprint density at radius 3 is 2.64 bits per heavy atom. The van der Waals surface area contributed by atoms with Gasteiger partial charge in [-0.25, -0.2) is 4.98 Å². The monoisotopic (exact) mass is 289 g/mol. The van der Waals surface area contributed by atoms with E-state index in [0.717, 1.165) is 5.56 Å². The van der Waals surface area contributed by atoms with E-state index < -0.39 is 0 Å². The molecule has 0 unspecified atom stereocenters. The van der Waals surface area contributed by atoms with E-state index >= 15 is 0 Å². The van der Waals surface area contributed by atoms with Gasteiger partial charge in [0.2, 0.25) is 11.9 Å². The molecule has 0 spiro atoms. The van der Waals surface area contributed by atoms with Crippen molar-refractivity contribution in [2.45, 2.75) is 0 Å². The van der Waals surface area contributed by atoms with Crippen molar-refractivity contribution in [3.05, 3.63) is 54.4 Å². The summed E-state index contributed by atoms with van der Waals surface area (Å²) in [7, 11) is 0. The minimum Gasteiger partial charge on any atom is -0.368 e. The normalized spacial score (nSPS) is 9.95. The van der Waals surface area contributed by atoms with Crippen molar-refractivity contribution in [2.24, 2.45) is 0 Å². The summed E-state index contributed by atoms with van der Waals surface area (Å²) < 4.78 is 0. The molecule has 7 heteroatoms. The Morgan fingerprint density at radius 1 is 1.05 bits per heavy atom. The fourth-order valence-electron chi connectivity index (χ4n) is 1.86. The van der Waals surface area contributed by atoms with Crippen molar-refractivity contribution in [3.63, 3.8) is 0 Å². The van der Waals surface area contributed by atoms with Crippen LogP contribution in [0.2, 0.25) is 0 Å². The number of aromatic nitrogens is 4. The zero-order valence-electron chi connectivity index (χ0n) is 11.4. The molecule has 0 amide bonds. The van der Waals surface area contributed by atoms with Gasteiger partial charge < -0.3 is 11.1 Å². The quantitative estimate of drug-likeness (QED) is 0.759. The summed E-state index contributed by atoms with van der Waals surface area (Å²) in [6, 6.07) is 14.8. The lowest BCUT2D eigenvalue weighted by molar-refractivity contribution is 1.08. The fraction of sp³-hybridized carbons (Fsp3) is 0. The molecule has 3 N–H and O–H groups in total. The largest absolute Gasteiger partial charge is 0.368 e. The molecule has 3 rings (SSSR count). The first-order chi connectivity index (χ1) is 10.7. The highest BCUT2D eigenvalue weighted by Crippen LogP contribution is 2.19. The zero-order valence-corrected chi connectivity index (χ0v) is 11.4. The molecule has 3 aromatic rings. The zero-order chi connectivity index (χ0) is 15.4. The maximum absolute atomic E-state index is 8.86. The standard InChI is InChI=1S/C15H11N7/c16-9-12-8-11(6-7-18-12)19-15-21-13(20-14(17)22-15)10-4-2-1-3-5-10/h1-8H,(H3,17,18,19,20,21,22). The van der Waals surface area contributed by atoms with Crippen molar-refractivity contribution in [1.82, 2.24) is 19.9 Å². The molecule has 0 saturated heterocycles. The molecule has 0 aliphatic rings. The summed E-state index contributed by atoms with van der Waals surface area (Å²) in [5.74, 6) is 0.900. The molecular weight excluding hydrogens is 278 g/mol. The minimum absolute atomic E-state index is 0.117. The Balaban J connectivity index is 1.94. The van der Waals surface area contributed by atoms with Crippen LogP contribution in [0.3, 0.4) is 0 Å². The van der Waals surface area contributed by atoms with Gasteiger partial charge in [-0.1, -0.05) is 30.3 Å². The molecule has 2 aromatic heterocycles. The average molecular weight is 289 g/mol. The van der Waals surface area contributed by atoms with Gasteiger partial charge in [-0.3, -0.25) is 0 Å². The Labute approximate surface area is 126 Å². The van der Waals surface area contributed by atoms with Crippen LogP contribution in [0.25, 0.3) is 11.4 Å². The Hall–Kier alpha value is -3.53. The molecule has 22 heavy (non-hydrogen) atoms. The Morgan fingerprint density at radius 2 is 1.86 bits per heavy atom. The van der Waals surface area contributed by atoms with Crippen LogP contribution in [0.5, 0.6) is 0 Å². The Kier molecular flexibility index (Phi) is 3.58. The third kappa shape index (κ3) is 2.96. The molecule has 0 aliphatic carbocycles. The third-order valence-corrected chi connectivity index (χ3v) is 2.82. The molecule has 0 fully saturated rings. The lowest BCUT2D eigenvalue weighted by Gasteiger charge is -2.07. The van der Waals surface area contributed by atoms with Gasteiger partial charge in [-0.2, -0.15) is 20.2 Å². The first-order valence-corrected chi connectivity index (χ1v) is 6.45. The fourth-order valence-corrected chi connectivity index (χ4v) is 1.86. The van der Waals surface area contributed by atoms with E-state index in [1.165, 1.54) is 6.20 Å². The highest BCUT2D eigenvalue weighted by Gasteiger charge is 2.07. The second-order valence-electron chi connectivity index (χ2n) is 4.37. The lowest BCUT2D eigenvalue weighted by Crippen LogP contribution is -2.05. The number of nitrogen functional groups attached to an aromatic ring is 1. The number of nitrogens with zero attached hydrogens (tertiary/aromatic N) is 5. The molecule has 1 aromatic carbocycles. The van der Waals surface area contributed by atoms with Crippen LogP contribution in [0.1, 0.15) is 5.69 Å². The Bertz CT molecular complexity index is 840. The summed E-state index contributed by atoms with van der Waals surface area (Å²) in [4.78, 5) is 16.4. The number of nitriles is 1. The second kappa shape index (κ2) is 5.85. The van der Waals surface area contributed by atoms with Crippen LogP contribution in [0.4, 0.5) is 17.6 Å². The topological polar surface area (TPSA) is 113 Å². The first-order valence-electron chi connectivity index (χ1n) is 6.45. The number of benzene rings is 1. The van der Waals surface area contributed by atoms with Gasteiger partial charge in [0.15, 0.2) is 5.82 Å². The van der Waals surface area contributed by atoms with Gasteiger partial charge in [0, 0.05) is 17.4 Å². The van der Waals surface area contributed by atoms with Crippen molar-refractivity contribution < 1.29 is 0 Å². The highest BCUT2D eigenvalue weighted by molar-refractivity contribution is 5.60. The highest BCUT2D eigenvalue weighted by atomic mass is 15.2. The predicted octanol–water partition coefficient (Wildman–Crippen LogP) is 2.13. The van der Waals surface area contributed by atoms with Crippen molar-refractivity contribution in [1.29, 1.82) is 5.26 Å². The second-order valence-corrected chi connectivity index (χ2v) is 4.37. The minimum atomic E-state index is 0.117. The molecule has 0 atom stereocenters. The van der Waals surface area contributed by atoms with Gasteiger partial charge in [0.1, 0.15) is 11.8 Å². The summed E-state index contributed by atoms with van der Waals surface area (Å²) in [6.07, 6.45) is 1.53. The summed E-state index contributed by atoms with van der Waals surface area (Å²) in [6.45, 7) is 0. The summed E-state index contributed by atoms with van der Waals surface area (Å²) in [5, 5.41) is 11.9. The van der Waals surface area contributed by atoms with E-state index in [1.54, 1.807) is 12.1 Å². The predicted molar refractivity (Wildman–Crippen MR) is 81.9 cm³/mol. The van der Waals surface area contributed by atoms with Crippen molar-refractivity contribution in [2.75, 3.05) is 11.1 Å². The summed E-state index contributed by atoms with van der Waals surface area (Å²) in [5.41, 5.74) is 7.53. The molecule has 7 nitrogen and oxygen atoms in total. The molecular formula is C15H11N7. The van der Waals surface area contributed by atoms with E-state index in [4.69, 9.17) is 11.0 Å². The molecule has 0 bridgehead atoms. The van der Waals surface area contributed by atoms with Crippen LogP contribution in [-0.2, 0) is 0 Å². The van der Waals surface area contributed by atoms with Crippen molar-refractivity contribution in [3.8, 4) is 17.5 Å². The first kappa shape index (κ1) is 13.5. The number of anilines is 3. The van der Waals surface area contributed by atoms with Crippen molar-refractivity contribution >= 4 is 17.6 Å². The summed E-state index contributed by atoms with van der Waals surface area (Å²) >= 11 is 0. The number of pyridine rings is 1. The number of hydrogen-bond acceptors (Lipinski definition) is 7. The smallest absolute Gasteiger partial charge is 0.232 e. The van der Waals surface area contributed by atoms with Crippen LogP contribution >= 0.6 is 0 Å². The van der Waals surface area contributed by atoms with E-state index in [9.17, 15) is 0 Å². The SMILES string of the molecule is N#Cc1cc(Nc2nc(N)nc(-c3ccccc3)n2)ccn1. The van der Waals surface area contributed by atoms with Gasteiger partial charge in [-0.15, -0.1) is 0 Å². The van der Waals surface area contributed by atoms with Crippen LogP contribution < -0.4 is 11.1 Å². The molecule has 0 radical (unpaired) electrons. The lowest BCUT2D eigenvalue weighted by atomic mass is 10.2. The maximum atomic E-state index is 8.86. The van der Waals surface area contributed by atoms with Gasteiger partial charge in [0.05, 0.1) is 0 Å². The number of nitrogens with two attached hydrogens (primary N) is 1. The maximum Gasteiger partial charge on any atom is 0.232 e. The van der Waals surface area contributed by atoms with Gasteiger partial charge in [0.25, 0.3) is 0 Å². The molecule has 106 valence electrons. The van der Waals surface area contributed by atoms with Crippen LogP contribution in [0, 0.1) is 11.3 Å². The van der Waals surface area contributed by atoms with Gasteiger partial charge in [-0.05, 0) is 12.1 Å². The van der Waals surface area contributed by atoms with E-state index in [-0.39, 0.29) is 5.95 Å². The molecule has 2 heterocycles. The number of rotatable bonds is 3. The molecule has 0 aliphatic heterocycles.